The fraction of sp³-hybridized carbons (Fsp3) is 0.549. The van der Waals surface area contributed by atoms with Gasteiger partial charge in [-0.15, -0.1) is 0 Å². The Morgan fingerprint density at radius 1 is 0.426 bits per heavy atom. The molecule has 148 heavy (non-hydrogen) atoms. The molecule has 6 aliphatic rings. The summed E-state index contributed by atoms with van der Waals surface area (Å²) in [6, 6.07) is 3.81. The van der Waals surface area contributed by atoms with Gasteiger partial charge in [0.1, 0.15) is 45.9 Å². The van der Waals surface area contributed by atoms with Gasteiger partial charge >= 0.3 is 37.0 Å². The number of nitrogens with zero attached hydrogens (tertiary/aromatic N) is 17. The molecule has 5 saturated carbocycles. The highest BCUT2D eigenvalue weighted by atomic mass is 35.5. The van der Waals surface area contributed by atoms with Crippen molar-refractivity contribution in [2.75, 3.05) is 47.7 Å². The number of carbonyl (C=O) groups is 5. The molecule has 0 spiro atoms. The number of hydrogen-bond acceptors (Lipinski definition) is 31. The zero-order valence-electron chi connectivity index (χ0n) is 86.0. The third kappa shape index (κ3) is 27.4. The van der Waals surface area contributed by atoms with Gasteiger partial charge in [0, 0.05) is 66.8 Å². The number of nitrogens with two attached hydrogens (primary N) is 1. The van der Waals surface area contributed by atoms with Crippen LogP contribution in [0.3, 0.4) is 0 Å². The molecule has 18 rings (SSSR count). The Hall–Kier alpha value is -12.9. The van der Waals surface area contributed by atoms with Crippen molar-refractivity contribution in [1.82, 2.24) is 94.6 Å². The maximum atomic E-state index is 14.7. The van der Waals surface area contributed by atoms with Crippen LogP contribution in [0.4, 0.5) is 58.4 Å². The number of anilines is 4. The number of aryl methyl sites for hydroxylation is 2. The average molecular weight is 2080 g/mol. The smallest absolute Gasteiger partial charge is 0.481 e. The number of aromatic nitrogens is 19. The summed E-state index contributed by atoms with van der Waals surface area (Å²) in [5.41, 5.74) is 8.05. The molecule has 0 bridgehead atoms. The number of H-pyrrole nitrogens is 2. The maximum Gasteiger partial charge on any atom is 0.517 e. The molecule has 12 aromatic heterocycles. The number of nitrogens with one attached hydrogen (secondary N) is 6. The van der Waals surface area contributed by atoms with E-state index in [0.29, 0.717) is 87.3 Å². The van der Waals surface area contributed by atoms with Crippen LogP contribution in [0, 0.1) is 73.6 Å². The van der Waals surface area contributed by atoms with Crippen molar-refractivity contribution in [2.45, 2.75) is 292 Å². The van der Waals surface area contributed by atoms with Gasteiger partial charge in [-0.2, -0.15) is 20.3 Å². The predicted molar refractivity (Wildman–Crippen MR) is 540 cm³/mol. The van der Waals surface area contributed by atoms with Crippen molar-refractivity contribution in [3.05, 3.63) is 132 Å². The zero-order valence-corrected chi connectivity index (χ0v) is 86.8. The molecule has 1 aliphatic heterocycles. The molecule has 36 nitrogen and oxygen atoms in total. The first-order chi connectivity index (χ1) is 70.3. The molecule has 796 valence electrons. The summed E-state index contributed by atoms with van der Waals surface area (Å²) in [4.78, 5) is 108. The summed E-state index contributed by atoms with van der Waals surface area (Å²) in [6.45, 7) is 26.8. The number of carboxylic acids is 1. The van der Waals surface area contributed by atoms with E-state index in [1.807, 2.05) is 41.5 Å². The molecule has 0 aromatic carbocycles. The normalized spacial score (nSPS) is 17.8. The standard InChI is InChI=1S/C23H27F2N5O2.C21H24F2N6O2.C19H20F2N6O2.C15H21ClFN3O2.C13H17BFN3O2.C11H21NO2/c1-4-32-19(31)10-18(23(2)7-5-6-8-23)28-21-17(25)12-26-20(29-21)16-13-30(3)22-15(16)9-14(24)11-27-22;1-3-31-16(30)9-15(21(2)6-4-5-7-21)26-19-14(23)11-25-20(27-19)17-13-8-12(22)10-24-18(13)29-28-17;1-19(4-2-3-5-19)13(7-14(28)29)24-17-12(21)9-23-18(25-17)15-11-6-10(20)8-22-16(11)27-26-15;1-3-22-12(21)8-11(15(2)6-4-5-7-15)19-13-10(17)9-18-14(16)20-13;1-12(2)13(3,4)20-14(19-12)10-9-6-8(15)7-16-11(9)18(5)17-10;1-3-14-10(13)8-9(12)11(2)6-4-5-7-11/h9,11-13,18H,4-8,10H2,1-3H3,(H,26,28,29);8,10-11,15H,3-7,9H2,1-2H3,(H,24,28,29)(H,25,26,27);6,8-9,13H,2-5,7H2,1H3,(H,28,29)(H,22,26,27)(H,23,24,25);9,11H,3-8H2,1-2H3,(H,18,19,20);6-7H,1-5H3;9H,3-8,12H2,1-2H3. The number of hydrogen-bond donors (Lipinski definition) is 8. The molecule has 5 atom stereocenters. The Balaban J connectivity index is 0.000000151. The minimum Gasteiger partial charge on any atom is -0.481 e. The zero-order chi connectivity index (χ0) is 107. The minimum atomic E-state index is -0.966. The lowest BCUT2D eigenvalue weighted by Crippen LogP contribution is -2.41. The predicted octanol–water partition coefficient (Wildman–Crippen LogP) is 19.0. The number of carbonyl (C=O) groups excluding carboxylic acids is 4. The summed E-state index contributed by atoms with van der Waals surface area (Å²) in [5.74, 6) is -6.17. The maximum absolute atomic E-state index is 14.7. The number of esters is 4. The van der Waals surface area contributed by atoms with E-state index in [1.165, 1.54) is 43.3 Å². The van der Waals surface area contributed by atoms with E-state index in [2.05, 4.69) is 134 Å². The first kappa shape index (κ1) is 112. The fourth-order valence-electron chi connectivity index (χ4n) is 20.2. The molecule has 0 amide bonds. The topological polar surface area (TPSA) is 470 Å². The number of aliphatic carboxylic acids is 1. The van der Waals surface area contributed by atoms with Gasteiger partial charge in [0.15, 0.2) is 81.0 Å². The molecule has 6 fully saturated rings. The van der Waals surface area contributed by atoms with E-state index in [9.17, 15) is 64.2 Å². The third-order valence-corrected chi connectivity index (χ3v) is 29.8. The second-order valence-electron chi connectivity index (χ2n) is 40.9. The van der Waals surface area contributed by atoms with Crippen LogP contribution in [0.5, 0.6) is 0 Å². The molecule has 5 aliphatic carbocycles. The highest BCUT2D eigenvalue weighted by Gasteiger charge is 2.54. The van der Waals surface area contributed by atoms with Crippen molar-refractivity contribution >= 4 is 122 Å². The lowest BCUT2D eigenvalue weighted by Gasteiger charge is -2.34. The van der Waals surface area contributed by atoms with Crippen LogP contribution >= 0.6 is 11.6 Å². The molecule has 12 aromatic rings. The number of aromatic amines is 2. The second-order valence-corrected chi connectivity index (χ2v) is 41.2. The SMILES string of the molecule is CC1(C(CC(=O)O)Nc2nc(-c3[nH]nc4ncc(F)cc34)ncc2F)CCCC1.CCOC(=O)CC(N)C1(C)CCCC1.CCOC(=O)CC(Nc1nc(-c2[nH]nc3ncc(F)cc23)ncc1F)C1(C)CCCC1.CCOC(=O)CC(Nc1nc(-c2cn(C)c3ncc(F)cc23)ncc1F)C1(C)CCCC1.CCOC(=O)CC(Nc1nc(Cl)ncc1F)C1(C)CCCC1.Cn1nc(B2OC(C)(C)C(C)(C)O2)c2cc(F)cnc21. The Labute approximate surface area is 857 Å². The van der Waals surface area contributed by atoms with Crippen LogP contribution in [0.15, 0.2) is 80.0 Å². The Morgan fingerprint density at radius 2 is 0.743 bits per heavy atom. The van der Waals surface area contributed by atoms with E-state index < -0.39 is 76.9 Å². The molecule has 9 N–H and O–H groups in total. The van der Waals surface area contributed by atoms with Gasteiger partial charge in [0.05, 0.1) is 130 Å². The van der Waals surface area contributed by atoms with Crippen LogP contribution in [0.1, 0.15) is 251 Å². The third-order valence-electron chi connectivity index (χ3n) is 29.6. The van der Waals surface area contributed by atoms with Gasteiger partial charge in [-0.1, -0.05) is 98.8 Å². The van der Waals surface area contributed by atoms with Crippen LogP contribution < -0.4 is 32.6 Å². The number of ether oxygens (including phenoxy) is 4. The van der Waals surface area contributed by atoms with Gasteiger partial charge < -0.3 is 64.9 Å². The lowest BCUT2D eigenvalue weighted by molar-refractivity contribution is -0.145. The van der Waals surface area contributed by atoms with Crippen LogP contribution in [-0.4, -0.2) is 204 Å². The minimum absolute atomic E-state index is 0.0128. The quantitative estimate of drug-likeness (QED) is 0.00657. The average Bonchev–Trinajstić information content (AvgIpc) is 1.59. The van der Waals surface area contributed by atoms with Crippen molar-refractivity contribution in [3.63, 3.8) is 0 Å². The molecule has 13 heterocycles. The van der Waals surface area contributed by atoms with Crippen molar-refractivity contribution in [1.29, 1.82) is 0 Å². The van der Waals surface area contributed by atoms with E-state index in [1.54, 1.807) is 50.3 Å². The molecule has 0 radical (unpaired) electrons. The molecule has 46 heteroatoms. The van der Waals surface area contributed by atoms with Gasteiger partial charge in [-0.25, -0.2) is 89.9 Å². The summed E-state index contributed by atoms with van der Waals surface area (Å²) in [6.07, 6.45) is 31.5. The first-order valence-electron chi connectivity index (χ1n) is 50.2. The fourth-order valence-corrected chi connectivity index (χ4v) is 20.3. The number of pyridine rings is 4. The monoisotopic (exact) mass is 2080 g/mol. The van der Waals surface area contributed by atoms with Crippen molar-refractivity contribution in [3.8, 4) is 34.4 Å². The summed E-state index contributed by atoms with van der Waals surface area (Å²) < 4.78 is 148. The highest BCUT2D eigenvalue weighted by molar-refractivity contribution is 6.64. The number of halogens is 9. The molecular weight excluding hydrogens is 1950 g/mol. The second kappa shape index (κ2) is 48.6. The van der Waals surface area contributed by atoms with E-state index in [-0.39, 0.29) is 159 Å². The molecule has 1 saturated heterocycles. The van der Waals surface area contributed by atoms with Crippen LogP contribution in [0.2, 0.25) is 5.28 Å². The van der Waals surface area contributed by atoms with Gasteiger partial charge in [0.25, 0.3) is 0 Å². The summed E-state index contributed by atoms with van der Waals surface area (Å²) in [5, 5.41) is 41.4. The number of carboxylic acid groups (broad SMARTS) is 1. The van der Waals surface area contributed by atoms with Crippen LogP contribution in [-0.2, 0) is 66.3 Å². The molecular formula is C102H130BClF8N24O12. The van der Waals surface area contributed by atoms with Crippen LogP contribution in [0.25, 0.3) is 78.6 Å². The summed E-state index contributed by atoms with van der Waals surface area (Å²) in [7, 11) is 2.94. The highest BCUT2D eigenvalue weighted by Crippen LogP contribution is 2.49. The van der Waals surface area contributed by atoms with Crippen molar-refractivity contribution in [2.24, 2.45) is 46.9 Å². The summed E-state index contributed by atoms with van der Waals surface area (Å²) >= 11 is 5.73. The van der Waals surface area contributed by atoms with E-state index in [4.69, 9.17) is 45.6 Å². The van der Waals surface area contributed by atoms with E-state index >= 15 is 0 Å². The van der Waals surface area contributed by atoms with E-state index in [0.717, 1.165) is 159 Å². The van der Waals surface area contributed by atoms with Gasteiger partial charge in [-0.05, 0) is 183 Å². The largest absolute Gasteiger partial charge is 0.517 e. The Morgan fingerprint density at radius 3 is 1.12 bits per heavy atom. The number of fused-ring (bicyclic) bond motifs is 4. The van der Waals surface area contributed by atoms with Gasteiger partial charge in [0.2, 0.25) is 5.28 Å². The lowest BCUT2D eigenvalue weighted by atomic mass is 9.79. The van der Waals surface area contributed by atoms with Gasteiger partial charge in [-0.3, -0.25) is 38.9 Å². The number of rotatable bonds is 31. The van der Waals surface area contributed by atoms with Crippen molar-refractivity contribution < 1.29 is 92.5 Å². The molecule has 5 unspecified atom stereocenters. The first-order valence-corrected chi connectivity index (χ1v) is 50.5. The Kier molecular flexibility index (Phi) is 36.9. The Bertz CT molecular complexity index is 6630.